The Morgan fingerprint density at radius 3 is 2.57 bits per heavy atom. The Hall–Kier alpha value is -0.790. The van der Waals surface area contributed by atoms with E-state index in [0.717, 1.165) is 25.4 Å². The van der Waals surface area contributed by atoms with Crippen LogP contribution in [0.5, 0.6) is 0 Å². The van der Waals surface area contributed by atoms with Crippen LogP contribution in [0.25, 0.3) is 0 Å². The summed E-state index contributed by atoms with van der Waals surface area (Å²) in [5.41, 5.74) is 1.30. The lowest BCUT2D eigenvalue weighted by molar-refractivity contribution is -0.114. The average Bonchev–Trinajstić information content (AvgIpc) is 2.85. The third kappa shape index (κ3) is 2.17. The zero-order chi connectivity index (χ0) is 10.1. The van der Waals surface area contributed by atoms with Gasteiger partial charge in [0, 0.05) is 30.8 Å². The van der Waals surface area contributed by atoms with Gasteiger partial charge in [-0.3, -0.25) is 4.79 Å². The fourth-order valence-electron chi connectivity index (χ4n) is 2.09. The van der Waals surface area contributed by atoms with Crippen molar-refractivity contribution >= 4 is 5.78 Å². The normalized spacial score (nSPS) is 21.6. The average molecular weight is 193 g/mol. The molecule has 1 fully saturated rings. The summed E-state index contributed by atoms with van der Waals surface area (Å²) in [5, 5.41) is 0. The lowest BCUT2D eigenvalue weighted by atomic mass is 10.2. The molecule has 0 heterocycles. The van der Waals surface area contributed by atoms with E-state index in [4.69, 9.17) is 0 Å². The first kappa shape index (κ1) is 9.75. The first-order chi connectivity index (χ1) is 6.66. The van der Waals surface area contributed by atoms with E-state index in [1.165, 1.54) is 18.5 Å². The summed E-state index contributed by atoms with van der Waals surface area (Å²) >= 11 is 0. The molecule has 0 spiro atoms. The van der Waals surface area contributed by atoms with Crippen molar-refractivity contribution in [2.75, 3.05) is 6.54 Å². The lowest BCUT2D eigenvalue weighted by Gasteiger charge is -2.27. The molecule has 78 valence electrons. The summed E-state index contributed by atoms with van der Waals surface area (Å²) in [6.45, 7) is 5.60. The second kappa shape index (κ2) is 3.76. The van der Waals surface area contributed by atoms with Crippen LogP contribution in [-0.2, 0) is 4.79 Å². The maximum absolute atomic E-state index is 11.2. The first-order valence-electron chi connectivity index (χ1n) is 5.67. The summed E-state index contributed by atoms with van der Waals surface area (Å²) in [6, 6.07) is 0.745. The van der Waals surface area contributed by atoms with E-state index in [-0.39, 0.29) is 0 Å². The molecule has 1 saturated carbocycles. The van der Waals surface area contributed by atoms with Crippen LogP contribution < -0.4 is 0 Å². The van der Waals surface area contributed by atoms with Crippen LogP contribution in [0.15, 0.2) is 11.8 Å². The standard InChI is InChI=1S/C12H19NO/c1-9(2)8-13(10-3-4-10)11-5-6-12(14)7-11/h7,9-10H,3-6,8H2,1-2H3. The molecule has 0 aromatic carbocycles. The molecular weight excluding hydrogens is 174 g/mol. The maximum atomic E-state index is 11.2. The molecule has 14 heavy (non-hydrogen) atoms. The number of rotatable bonds is 4. The quantitative estimate of drug-likeness (QED) is 0.683. The third-order valence-electron chi connectivity index (χ3n) is 2.87. The SMILES string of the molecule is CC(C)CN(C1=CC(=O)CC1)C1CC1. The second-order valence-corrected chi connectivity index (χ2v) is 4.88. The fourth-order valence-corrected chi connectivity index (χ4v) is 2.09. The van der Waals surface area contributed by atoms with Gasteiger partial charge in [0.15, 0.2) is 5.78 Å². The van der Waals surface area contributed by atoms with E-state index in [1.807, 2.05) is 6.08 Å². The van der Waals surface area contributed by atoms with Gasteiger partial charge < -0.3 is 4.90 Å². The molecule has 0 N–H and O–H groups in total. The molecule has 0 bridgehead atoms. The zero-order valence-electron chi connectivity index (χ0n) is 9.12. The molecule has 2 aliphatic rings. The van der Waals surface area contributed by atoms with Gasteiger partial charge in [0.2, 0.25) is 0 Å². The largest absolute Gasteiger partial charge is 0.371 e. The van der Waals surface area contributed by atoms with Gasteiger partial charge in [-0.05, 0) is 25.2 Å². The molecule has 2 heteroatoms. The molecule has 0 atom stereocenters. The Morgan fingerprint density at radius 2 is 2.14 bits per heavy atom. The van der Waals surface area contributed by atoms with Crippen LogP contribution in [0, 0.1) is 5.92 Å². The number of carbonyl (C=O) groups excluding carboxylic acids is 1. The molecule has 0 aromatic heterocycles. The number of ketones is 1. The number of carbonyl (C=O) groups is 1. The minimum atomic E-state index is 0.314. The fraction of sp³-hybridized carbons (Fsp3) is 0.750. The van der Waals surface area contributed by atoms with Crippen LogP contribution >= 0.6 is 0 Å². The summed E-state index contributed by atoms with van der Waals surface area (Å²) in [4.78, 5) is 13.7. The molecule has 2 rings (SSSR count). The van der Waals surface area contributed by atoms with Gasteiger partial charge >= 0.3 is 0 Å². The highest BCUT2D eigenvalue weighted by Gasteiger charge is 2.32. The van der Waals surface area contributed by atoms with Gasteiger partial charge in [-0.25, -0.2) is 0 Å². The molecular formula is C12H19NO. The smallest absolute Gasteiger partial charge is 0.157 e. The highest BCUT2D eigenvalue weighted by molar-refractivity contribution is 5.92. The van der Waals surface area contributed by atoms with Gasteiger partial charge in [0.1, 0.15) is 0 Å². The van der Waals surface area contributed by atoms with Gasteiger partial charge in [0.05, 0.1) is 0 Å². The van der Waals surface area contributed by atoms with Gasteiger partial charge in [-0.15, -0.1) is 0 Å². The minimum absolute atomic E-state index is 0.314. The van der Waals surface area contributed by atoms with Gasteiger partial charge in [-0.1, -0.05) is 13.8 Å². The Morgan fingerprint density at radius 1 is 1.43 bits per heavy atom. The van der Waals surface area contributed by atoms with Crippen molar-refractivity contribution in [1.82, 2.24) is 4.90 Å². The van der Waals surface area contributed by atoms with E-state index >= 15 is 0 Å². The van der Waals surface area contributed by atoms with Crippen LogP contribution in [0.3, 0.4) is 0 Å². The number of hydrogen-bond acceptors (Lipinski definition) is 2. The van der Waals surface area contributed by atoms with E-state index < -0.39 is 0 Å². The minimum Gasteiger partial charge on any atom is -0.371 e. The molecule has 2 aliphatic carbocycles. The Balaban J connectivity index is 2.02. The van der Waals surface area contributed by atoms with Crippen LogP contribution in [0.4, 0.5) is 0 Å². The lowest BCUT2D eigenvalue weighted by Crippen LogP contribution is -2.28. The van der Waals surface area contributed by atoms with Crippen LogP contribution in [0.1, 0.15) is 39.5 Å². The molecule has 0 aliphatic heterocycles. The summed E-state index contributed by atoms with van der Waals surface area (Å²) in [6.07, 6.45) is 6.20. The summed E-state index contributed by atoms with van der Waals surface area (Å²) in [5.74, 6) is 1.00. The van der Waals surface area contributed by atoms with Crippen molar-refractivity contribution in [3.05, 3.63) is 11.8 Å². The van der Waals surface area contributed by atoms with Crippen molar-refractivity contribution in [2.24, 2.45) is 5.92 Å². The first-order valence-corrected chi connectivity index (χ1v) is 5.67. The van der Waals surface area contributed by atoms with E-state index in [1.54, 1.807) is 0 Å². The molecule has 0 aromatic rings. The van der Waals surface area contributed by atoms with Crippen molar-refractivity contribution in [1.29, 1.82) is 0 Å². The van der Waals surface area contributed by atoms with Crippen molar-refractivity contribution in [2.45, 2.75) is 45.6 Å². The zero-order valence-corrected chi connectivity index (χ0v) is 9.12. The third-order valence-corrected chi connectivity index (χ3v) is 2.87. The number of nitrogens with zero attached hydrogens (tertiary/aromatic N) is 1. The molecule has 0 amide bonds. The van der Waals surface area contributed by atoms with E-state index in [9.17, 15) is 4.79 Å². The van der Waals surface area contributed by atoms with Gasteiger partial charge in [0.25, 0.3) is 0 Å². The molecule has 2 nitrogen and oxygen atoms in total. The highest BCUT2D eigenvalue weighted by Crippen LogP contribution is 2.33. The van der Waals surface area contributed by atoms with E-state index in [0.29, 0.717) is 11.7 Å². The van der Waals surface area contributed by atoms with Crippen molar-refractivity contribution < 1.29 is 4.79 Å². The Labute approximate surface area is 86.0 Å². The summed E-state index contributed by atoms with van der Waals surface area (Å²) in [7, 11) is 0. The Bertz CT molecular complexity index is 263. The molecule has 0 radical (unpaired) electrons. The van der Waals surface area contributed by atoms with Crippen LogP contribution in [-0.4, -0.2) is 23.3 Å². The van der Waals surface area contributed by atoms with Gasteiger partial charge in [-0.2, -0.15) is 0 Å². The highest BCUT2D eigenvalue weighted by atomic mass is 16.1. The predicted octanol–water partition coefficient (Wildman–Crippen LogP) is 2.35. The second-order valence-electron chi connectivity index (χ2n) is 4.88. The predicted molar refractivity (Wildman–Crippen MR) is 56.9 cm³/mol. The topological polar surface area (TPSA) is 20.3 Å². The van der Waals surface area contributed by atoms with E-state index in [2.05, 4.69) is 18.7 Å². The maximum Gasteiger partial charge on any atom is 0.157 e. The van der Waals surface area contributed by atoms with Crippen molar-refractivity contribution in [3.8, 4) is 0 Å². The Kier molecular flexibility index (Phi) is 2.62. The molecule has 0 saturated heterocycles. The monoisotopic (exact) mass is 193 g/mol. The molecule has 0 unspecified atom stereocenters. The van der Waals surface area contributed by atoms with Crippen LogP contribution in [0.2, 0.25) is 0 Å². The van der Waals surface area contributed by atoms with Crippen molar-refractivity contribution in [3.63, 3.8) is 0 Å². The summed E-state index contributed by atoms with van der Waals surface area (Å²) < 4.78 is 0. The number of hydrogen-bond donors (Lipinski definition) is 0. The number of allylic oxidation sites excluding steroid dienone is 2.